The highest BCUT2D eigenvalue weighted by Gasteiger charge is 2.38. The summed E-state index contributed by atoms with van der Waals surface area (Å²) in [6, 6.07) is 23.6. The van der Waals surface area contributed by atoms with Gasteiger partial charge in [0.05, 0.1) is 18.8 Å². The maximum Gasteiger partial charge on any atom is 0.272 e. The molecule has 1 fully saturated rings. The van der Waals surface area contributed by atoms with Crippen LogP contribution in [0.2, 0.25) is 0 Å². The van der Waals surface area contributed by atoms with E-state index in [4.69, 9.17) is 44.3 Å². The minimum atomic E-state index is -2.02. The average molecular weight is 648 g/mol. The first kappa shape index (κ1) is 30.8. The van der Waals surface area contributed by atoms with Crippen molar-refractivity contribution in [2.75, 3.05) is 5.75 Å². The Labute approximate surface area is 263 Å². The first-order valence-corrected chi connectivity index (χ1v) is 15.4. The number of carbonyl (C=O) groups excluding carboxylic acids is 1. The van der Waals surface area contributed by atoms with Gasteiger partial charge in [0.2, 0.25) is 0 Å². The number of aromatic nitrogens is 3. The molecule has 4 atom stereocenters. The molecular weight excluding hydrogens is 619 g/mol. The summed E-state index contributed by atoms with van der Waals surface area (Å²) in [5, 5.41) is 19.7. The van der Waals surface area contributed by atoms with Crippen LogP contribution in [0.5, 0.6) is 0 Å². The maximum absolute atomic E-state index is 12.0. The summed E-state index contributed by atoms with van der Waals surface area (Å²) in [5.74, 6) is 0.0139. The summed E-state index contributed by atoms with van der Waals surface area (Å²) in [5.41, 5.74) is 5.51. The van der Waals surface area contributed by atoms with E-state index in [2.05, 4.69) is 27.4 Å². The van der Waals surface area contributed by atoms with Crippen molar-refractivity contribution in [1.29, 1.82) is 0 Å². The third-order valence-electron chi connectivity index (χ3n) is 7.03. The van der Waals surface area contributed by atoms with Gasteiger partial charge in [-0.3, -0.25) is 9.89 Å². The summed E-state index contributed by atoms with van der Waals surface area (Å²) in [6.07, 6.45) is 0.497. The maximum atomic E-state index is 12.0. The van der Waals surface area contributed by atoms with Gasteiger partial charge in [-0.25, -0.2) is 4.98 Å². The van der Waals surface area contributed by atoms with E-state index in [0.717, 1.165) is 38.5 Å². The van der Waals surface area contributed by atoms with Crippen LogP contribution in [0.25, 0.3) is 11.1 Å². The number of amides is 1. The predicted octanol–water partition coefficient (Wildman–Crippen LogP) is 6.53. The summed E-state index contributed by atoms with van der Waals surface area (Å²) in [6.45, 7) is 2.32. The summed E-state index contributed by atoms with van der Waals surface area (Å²) < 4.78 is 11.1. The lowest BCUT2D eigenvalue weighted by Crippen LogP contribution is -2.38. The second kappa shape index (κ2) is 13.8. The topological polar surface area (TPSA) is 109 Å². The number of carbonyl (C=O) groups is 1. The van der Waals surface area contributed by atoms with Crippen molar-refractivity contribution in [3.8, 4) is 11.1 Å². The number of ether oxygens (including phenoxy) is 2. The molecule has 0 bridgehead atoms. The smallest absolute Gasteiger partial charge is 0.272 e. The molecule has 1 aliphatic heterocycles. The van der Waals surface area contributed by atoms with Crippen LogP contribution in [0.1, 0.15) is 41.6 Å². The van der Waals surface area contributed by atoms with Crippen molar-refractivity contribution in [2.45, 2.75) is 47.5 Å². The number of nitrogens with one attached hydrogen (secondary N) is 2. The Bertz CT molecular complexity index is 1480. The van der Waals surface area contributed by atoms with Crippen molar-refractivity contribution in [2.24, 2.45) is 5.92 Å². The minimum Gasteiger partial charge on any atom is -0.392 e. The minimum absolute atomic E-state index is 0.0171. The van der Waals surface area contributed by atoms with Gasteiger partial charge in [-0.05, 0) is 39.9 Å². The van der Waals surface area contributed by atoms with Gasteiger partial charge in [0, 0.05) is 23.8 Å². The molecule has 220 valence electrons. The lowest BCUT2D eigenvalue weighted by Gasteiger charge is -2.41. The first-order valence-electron chi connectivity index (χ1n) is 13.2. The number of aliphatic hydroxyl groups excluding tert-OH is 1. The quantitative estimate of drug-likeness (QED) is 0.140. The molecule has 5 rings (SSSR count). The third kappa shape index (κ3) is 7.65. The molecule has 0 aliphatic carbocycles. The number of nitrogens with zero attached hydrogens (tertiary/aromatic N) is 2. The Morgan fingerprint density at radius 2 is 1.74 bits per heavy atom. The SMILES string of the molecule is C[C@H]1[C@@H](CSc2ncn[nH]2)O[C@@H](c2cccc(-c3cccc(CNC(=O)C(Cl)(Cl)Cl)c3)c2)O[C@H]1c1ccc(CO)cc1. The van der Waals surface area contributed by atoms with E-state index >= 15 is 0 Å². The number of benzene rings is 3. The highest BCUT2D eigenvalue weighted by molar-refractivity contribution is 7.99. The summed E-state index contributed by atoms with van der Waals surface area (Å²) in [4.78, 5) is 16.2. The van der Waals surface area contributed by atoms with Crippen LogP contribution >= 0.6 is 46.6 Å². The molecule has 4 aromatic rings. The van der Waals surface area contributed by atoms with Crippen LogP contribution in [0.15, 0.2) is 84.3 Å². The van der Waals surface area contributed by atoms with Crippen molar-refractivity contribution in [3.63, 3.8) is 0 Å². The van der Waals surface area contributed by atoms with Crippen LogP contribution in [-0.2, 0) is 27.4 Å². The van der Waals surface area contributed by atoms with Gasteiger partial charge in [-0.1, -0.05) is 114 Å². The molecule has 8 nitrogen and oxygen atoms in total. The normalized spacial score (nSPS) is 20.8. The van der Waals surface area contributed by atoms with E-state index in [9.17, 15) is 9.90 Å². The summed E-state index contributed by atoms with van der Waals surface area (Å²) in [7, 11) is 0. The lowest BCUT2D eigenvalue weighted by molar-refractivity contribution is -0.268. The Balaban J connectivity index is 1.38. The predicted molar refractivity (Wildman–Crippen MR) is 164 cm³/mol. The fourth-order valence-corrected chi connectivity index (χ4v) is 5.89. The molecule has 42 heavy (non-hydrogen) atoms. The lowest BCUT2D eigenvalue weighted by atomic mass is 9.91. The molecule has 12 heteroatoms. The van der Waals surface area contributed by atoms with Gasteiger partial charge in [0.15, 0.2) is 11.4 Å². The molecule has 3 aromatic carbocycles. The Morgan fingerprint density at radius 1 is 1.00 bits per heavy atom. The number of aliphatic hydroxyl groups is 1. The van der Waals surface area contributed by atoms with Gasteiger partial charge < -0.3 is 19.9 Å². The number of hydrogen-bond acceptors (Lipinski definition) is 7. The van der Waals surface area contributed by atoms with Crippen LogP contribution in [0.4, 0.5) is 0 Å². The van der Waals surface area contributed by atoms with E-state index in [1.165, 1.54) is 6.33 Å². The average Bonchev–Trinajstić information content (AvgIpc) is 3.53. The second-order valence-corrected chi connectivity index (χ2v) is 13.2. The second-order valence-electron chi connectivity index (χ2n) is 9.93. The summed E-state index contributed by atoms with van der Waals surface area (Å²) >= 11 is 18.6. The van der Waals surface area contributed by atoms with E-state index < -0.39 is 16.0 Å². The third-order valence-corrected chi connectivity index (χ3v) is 8.51. The van der Waals surface area contributed by atoms with Crippen molar-refractivity contribution in [3.05, 3.63) is 101 Å². The van der Waals surface area contributed by atoms with Gasteiger partial charge in [0.1, 0.15) is 6.33 Å². The molecule has 1 amide bonds. The zero-order chi connectivity index (χ0) is 29.7. The van der Waals surface area contributed by atoms with E-state index in [1.54, 1.807) is 11.8 Å². The number of aromatic amines is 1. The number of H-pyrrole nitrogens is 1. The molecule has 0 radical (unpaired) electrons. The Hall–Kier alpha value is -2.63. The first-order chi connectivity index (χ1) is 20.2. The highest BCUT2D eigenvalue weighted by Crippen LogP contribution is 2.43. The van der Waals surface area contributed by atoms with Crippen LogP contribution < -0.4 is 5.32 Å². The monoisotopic (exact) mass is 646 g/mol. The van der Waals surface area contributed by atoms with Gasteiger partial charge >= 0.3 is 0 Å². The molecule has 2 heterocycles. The van der Waals surface area contributed by atoms with Crippen LogP contribution in [0, 0.1) is 5.92 Å². The number of halogens is 3. The molecule has 1 saturated heterocycles. The van der Waals surface area contributed by atoms with Crippen LogP contribution in [-0.4, -0.2) is 41.8 Å². The molecule has 0 spiro atoms. The van der Waals surface area contributed by atoms with Crippen LogP contribution in [0.3, 0.4) is 0 Å². The Morgan fingerprint density at radius 3 is 2.43 bits per heavy atom. The fourth-order valence-electron chi connectivity index (χ4n) is 4.74. The standard InChI is InChI=1S/C30H29Cl3N4O4S/c1-18-25(16-42-29-35-17-36-37-29)40-27(41-26(18)21-10-8-19(15-38)9-11-21)24-7-3-6-23(13-24)22-5-2-4-20(12-22)14-34-28(39)30(31,32)33/h2-13,17-18,25-27,38H,14-16H2,1H3,(H,34,39)(H,35,36,37)/t18-,25+,26+,27+/m0/s1. The number of rotatable bonds is 9. The molecule has 3 N–H and O–H groups in total. The van der Waals surface area contributed by atoms with Crippen molar-refractivity contribution < 1.29 is 19.4 Å². The highest BCUT2D eigenvalue weighted by atomic mass is 35.6. The fraction of sp³-hybridized carbons (Fsp3) is 0.300. The molecule has 1 aliphatic rings. The van der Waals surface area contributed by atoms with Gasteiger partial charge in [-0.15, -0.1) is 0 Å². The van der Waals surface area contributed by atoms with E-state index in [0.29, 0.717) is 5.75 Å². The van der Waals surface area contributed by atoms with Crippen molar-refractivity contribution in [1.82, 2.24) is 20.5 Å². The molecule has 0 unspecified atom stereocenters. The van der Waals surface area contributed by atoms with Gasteiger partial charge in [0.25, 0.3) is 9.70 Å². The Kier molecular flexibility index (Phi) is 10.1. The van der Waals surface area contributed by atoms with Crippen molar-refractivity contribution >= 4 is 52.5 Å². The van der Waals surface area contributed by atoms with E-state index in [-0.39, 0.29) is 31.3 Å². The zero-order valence-corrected chi connectivity index (χ0v) is 25.6. The number of alkyl halides is 3. The zero-order valence-electron chi connectivity index (χ0n) is 22.5. The van der Waals surface area contributed by atoms with Gasteiger partial charge in [-0.2, -0.15) is 5.10 Å². The van der Waals surface area contributed by atoms with E-state index in [1.807, 2.05) is 72.8 Å². The number of thioether (sulfide) groups is 1. The molecular formula is C30H29Cl3N4O4S. The number of hydrogen-bond donors (Lipinski definition) is 3. The molecule has 1 aromatic heterocycles. The largest absolute Gasteiger partial charge is 0.392 e. The molecule has 0 saturated carbocycles.